The molecule has 1 rings (SSSR count). The number of ether oxygens (including phenoxy) is 1. The third kappa shape index (κ3) is 5.61. The SMILES string of the molecule is CCC(CC)COc1ccc(CNC(C)C(N)=O)cc1. The number of rotatable bonds is 9. The quantitative estimate of drug-likeness (QED) is 0.729. The summed E-state index contributed by atoms with van der Waals surface area (Å²) in [7, 11) is 0. The summed E-state index contributed by atoms with van der Waals surface area (Å²) >= 11 is 0. The third-order valence-electron chi connectivity index (χ3n) is 3.60. The first-order valence-corrected chi connectivity index (χ1v) is 7.31. The van der Waals surface area contributed by atoms with Crippen molar-refractivity contribution < 1.29 is 9.53 Å². The predicted octanol–water partition coefficient (Wildman–Crippen LogP) is 2.46. The number of carbonyl (C=O) groups is 1. The maximum Gasteiger partial charge on any atom is 0.234 e. The zero-order chi connectivity index (χ0) is 15.0. The normalized spacial score (nSPS) is 12.4. The first kappa shape index (κ1) is 16.5. The van der Waals surface area contributed by atoms with Crippen molar-refractivity contribution in [2.45, 2.75) is 46.2 Å². The molecule has 0 spiro atoms. The Hall–Kier alpha value is -1.55. The van der Waals surface area contributed by atoms with E-state index in [1.807, 2.05) is 24.3 Å². The Bertz CT molecular complexity index is 399. The number of nitrogens with one attached hydrogen (secondary N) is 1. The van der Waals surface area contributed by atoms with Gasteiger partial charge in [-0.3, -0.25) is 4.79 Å². The molecule has 0 bridgehead atoms. The molecule has 0 fully saturated rings. The summed E-state index contributed by atoms with van der Waals surface area (Å²) in [5.41, 5.74) is 6.30. The fraction of sp³-hybridized carbons (Fsp3) is 0.562. The van der Waals surface area contributed by atoms with Crippen molar-refractivity contribution in [1.29, 1.82) is 0 Å². The Balaban J connectivity index is 2.42. The molecule has 0 saturated heterocycles. The third-order valence-corrected chi connectivity index (χ3v) is 3.60. The van der Waals surface area contributed by atoms with Crippen LogP contribution in [-0.2, 0) is 11.3 Å². The van der Waals surface area contributed by atoms with E-state index in [9.17, 15) is 4.79 Å². The number of hydrogen-bond acceptors (Lipinski definition) is 3. The van der Waals surface area contributed by atoms with Crippen LogP contribution in [0.15, 0.2) is 24.3 Å². The van der Waals surface area contributed by atoms with Crippen LogP contribution in [0.25, 0.3) is 0 Å². The van der Waals surface area contributed by atoms with Gasteiger partial charge in [-0.25, -0.2) is 0 Å². The fourth-order valence-corrected chi connectivity index (χ4v) is 1.81. The summed E-state index contributed by atoms with van der Waals surface area (Å²) < 4.78 is 5.77. The molecule has 0 aliphatic rings. The first-order chi connectivity index (χ1) is 9.56. The molecule has 112 valence electrons. The largest absolute Gasteiger partial charge is 0.493 e. The minimum absolute atomic E-state index is 0.319. The van der Waals surface area contributed by atoms with E-state index in [4.69, 9.17) is 10.5 Å². The molecule has 1 aromatic carbocycles. The van der Waals surface area contributed by atoms with E-state index < -0.39 is 0 Å². The number of carbonyl (C=O) groups excluding carboxylic acids is 1. The number of benzene rings is 1. The molecular weight excluding hydrogens is 252 g/mol. The van der Waals surface area contributed by atoms with Gasteiger partial charge in [0.15, 0.2) is 0 Å². The number of nitrogens with two attached hydrogens (primary N) is 1. The molecule has 4 nitrogen and oxygen atoms in total. The zero-order valence-corrected chi connectivity index (χ0v) is 12.7. The van der Waals surface area contributed by atoms with Gasteiger partial charge in [-0.15, -0.1) is 0 Å². The average molecular weight is 278 g/mol. The van der Waals surface area contributed by atoms with Gasteiger partial charge in [-0.05, 0) is 30.5 Å². The number of hydrogen-bond donors (Lipinski definition) is 2. The van der Waals surface area contributed by atoms with Crippen LogP contribution in [0.2, 0.25) is 0 Å². The van der Waals surface area contributed by atoms with E-state index in [0.717, 1.165) is 30.8 Å². The molecule has 1 aromatic rings. The second kappa shape index (κ2) is 8.59. The van der Waals surface area contributed by atoms with E-state index in [1.165, 1.54) is 0 Å². The smallest absolute Gasteiger partial charge is 0.234 e. The highest BCUT2D eigenvalue weighted by atomic mass is 16.5. The van der Waals surface area contributed by atoms with Crippen molar-refractivity contribution in [3.8, 4) is 5.75 Å². The Morgan fingerprint density at radius 3 is 2.35 bits per heavy atom. The lowest BCUT2D eigenvalue weighted by molar-refractivity contribution is -0.119. The zero-order valence-electron chi connectivity index (χ0n) is 12.7. The lowest BCUT2D eigenvalue weighted by Crippen LogP contribution is -2.38. The van der Waals surface area contributed by atoms with E-state index in [1.54, 1.807) is 6.92 Å². The highest BCUT2D eigenvalue weighted by Crippen LogP contribution is 2.15. The number of primary amides is 1. The van der Waals surface area contributed by atoms with Gasteiger partial charge in [0.05, 0.1) is 12.6 Å². The molecule has 1 unspecified atom stereocenters. The Kier molecular flexibility index (Phi) is 7.09. The van der Waals surface area contributed by atoms with Gasteiger partial charge >= 0.3 is 0 Å². The van der Waals surface area contributed by atoms with Crippen molar-refractivity contribution >= 4 is 5.91 Å². The van der Waals surface area contributed by atoms with Crippen molar-refractivity contribution in [2.75, 3.05) is 6.61 Å². The van der Waals surface area contributed by atoms with Crippen LogP contribution in [0.1, 0.15) is 39.2 Å². The van der Waals surface area contributed by atoms with Gasteiger partial charge in [-0.2, -0.15) is 0 Å². The Morgan fingerprint density at radius 1 is 1.25 bits per heavy atom. The molecule has 3 N–H and O–H groups in total. The van der Waals surface area contributed by atoms with E-state index in [2.05, 4.69) is 19.2 Å². The molecule has 4 heteroatoms. The molecule has 0 aliphatic heterocycles. The molecule has 0 radical (unpaired) electrons. The highest BCUT2D eigenvalue weighted by Gasteiger charge is 2.07. The van der Waals surface area contributed by atoms with Gasteiger partial charge in [0.2, 0.25) is 5.91 Å². The molecular formula is C16H26N2O2. The summed E-state index contributed by atoms with van der Waals surface area (Å²) in [5, 5.41) is 3.07. The topological polar surface area (TPSA) is 64.3 Å². The highest BCUT2D eigenvalue weighted by molar-refractivity contribution is 5.79. The van der Waals surface area contributed by atoms with E-state index in [0.29, 0.717) is 12.5 Å². The molecule has 0 saturated carbocycles. The monoisotopic (exact) mass is 278 g/mol. The van der Waals surface area contributed by atoms with Gasteiger partial charge in [0, 0.05) is 6.54 Å². The molecule has 1 atom stereocenters. The summed E-state index contributed by atoms with van der Waals surface area (Å²) in [6.07, 6.45) is 2.28. The minimum atomic E-state index is -0.338. The fourth-order valence-electron chi connectivity index (χ4n) is 1.81. The number of amides is 1. The van der Waals surface area contributed by atoms with Crippen LogP contribution in [0.3, 0.4) is 0 Å². The van der Waals surface area contributed by atoms with Gasteiger partial charge in [0.25, 0.3) is 0 Å². The molecule has 1 amide bonds. The van der Waals surface area contributed by atoms with E-state index >= 15 is 0 Å². The maximum absolute atomic E-state index is 10.9. The molecule has 0 aliphatic carbocycles. The van der Waals surface area contributed by atoms with Gasteiger partial charge in [-0.1, -0.05) is 38.8 Å². The van der Waals surface area contributed by atoms with Crippen LogP contribution in [0, 0.1) is 5.92 Å². The Morgan fingerprint density at radius 2 is 1.85 bits per heavy atom. The Labute approximate surface area is 121 Å². The predicted molar refractivity (Wildman–Crippen MR) is 81.5 cm³/mol. The second-order valence-electron chi connectivity index (χ2n) is 5.14. The summed E-state index contributed by atoms with van der Waals surface area (Å²) in [5.74, 6) is 1.17. The van der Waals surface area contributed by atoms with Crippen LogP contribution >= 0.6 is 0 Å². The summed E-state index contributed by atoms with van der Waals surface area (Å²) in [6.45, 7) is 7.52. The van der Waals surface area contributed by atoms with Gasteiger partial charge < -0.3 is 15.8 Å². The van der Waals surface area contributed by atoms with Crippen molar-refractivity contribution in [3.05, 3.63) is 29.8 Å². The standard InChI is InChI=1S/C16H26N2O2/c1-4-13(5-2)11-20-15-8-6-14(7-9-15)10-18-12(3)16(17)19/h6-9,12-13,18H,4-5,10-11H2,1-3H3,(H2,17,19). The van der Waals surface area contributed by atoms with Crippen molar-refractivity contribution in [2.24, 2.45) is 11.7 Å². The molecule has 20 heavy (non-hydrogen) atoms. The summed E-state index contributed by atoms with van der Waals surface area (Å²) in [4.78, 5) is 10.9. The molecule has 0 aromatic heterocycles. The second-order valence-corrected chi connectivity index (χ2v) is 5.14. The van der Waals surface area contributed by atoms with Crippen LogP contribution in [0.5, 0.6) is 5.75 Å². The summed E-state index contributed by atoms with van der Waals surface area (Å²) in [6, 6.07) is 7.62. The van der Waals surface area contributed by atoms with Crippen LogP contribution in [-0.4, -0.2) is 18.6 Å². The van der Waals surface area contributed by atoms with E-state index in [-0.39, 0.29) is 11.9 Å². The van der Waals surface area contributed by atoms with Gasteiger partial charge in [0.1, 0.15) is 5.75 Å². The lowest BCUT2D eigenvalue weighted by atomic mass is 10.1. The van der Waals surface area contributed by atoms with Crippen LogP contribution in [0.4, 0.5) is 0 Å². The average Bonchev–Trinajstić information content (AvgIpc) is 2.46. The lowest BCUT2D eigenvalue weighted by Gasteiger charge is -2.14. The molecule has 0 heterocycles. The van der Waals surface area contributed by atoms with Crippen molar-refractivity contribution in [3.63, 3.8) is 0 Å². The van der Waals surface area contributed by atoms with Crippen LogP contribution < -0.4 is 15.8 Å². The maximum atomic E-state index is 10.9. The van der Waals surface area contributed by atoms with Crippen molar-refractivity contribution in [1.82, 2.24) is 5.32 Å². The minimum Gasteiger partial charge on any atom is -0.493 e. The first-order valence-electron chi connectivity index (χ1n) is 7.31.